The number of hydrogen-bond acceptors (Lipinski definition) is 6. The molecule has 1 heterocycles. The van der Waals surface area contributed by atoms with Crippen LogP contribution in [0.1, 0.15) is 40.4 Å². The molecule has 0 saturated heterocycles. The van der Waals surface area contributed by atoms with E-state index in [0.29, 0.717) is 12.0 Å². The standard InChI is InChI=1S/C27H25N3O6/c1-3-25(32)28(26-21(27(33)36-2)8-6-10-24(26)30(34)35)16-18-11-14-23-20(15-18)13-12-19-7-4-5-9-22(19)29(23)17-31/h4-11,14-15,17H,3,12-13,16H2,1-2H3. The smallest absolute Gasteiger partial charge is 0.340 e. The van der Waals surface area contributed by atoms with Crippen LogP contribution in [0.5, 0.6) is 0 Å². The highest BCUT2D eigenvalue weighted by Crippen LogP contribution is 2.37. The van der Waals surface area contributed by atoms with Crippen LogP contribution in [0.15, 0.2) is 60.7 Å². The van der Waals surface area contributed by atoms with E-state index in [1.165, 1.54) is 30.2 Å². The fourth-order valence-corrected chi connectivity index (χ4v) is 4.54. The Kier molecular flexibility index (Phi) is 7.10. The number of carbonyl (C=O) groups excluding carboxylic acids is 3. The number of carbonyl (C=O) groups is 3. The monoisotopic (exact) mass is 487 g/mol. The number of anilines is 3. The average Bonchev–Trinajstić information content (AvgIpc) is 3.06. The highest BCUT2D eigenvalue weighted by atomic mass is 16.6. The molecule has 3 aromatic rings. The number of rotatable bonds is 7. The van der Waals surface area contributed by atoms with Gasteiger partial charge in [-0.05, 0) is 47.7 Å². The summed E-state index contributed by atoms with van der Waals surface area (Å²) in [5.74, 6) is -1.16. The number of benzene rings is 3. The van der Waals surface area contributed by atoms with Gasteiger partial charge in [0.15, 0.2) is 0 Å². The summed E-state index contributed by atoms with van der Waals surface area (Å²) in [5.41, 5.74) is 3.71. The third kappa shape index (κ3) is 4.55. The first kappa shape index (κ1) is 24.6. The molecule has 0 N–H and O–H groups in total. The minimum atomic E-state index is -0.774. The summed E-state index contributed by atoms with van der Waals surface area (Å²) < 4.78 is 4.83. The Morgan fingerprint density at radius 1 is 1.06 bits per heavy atom. The molecule has 1 aliphatic rings. The number of nitro benzene ring substituents is 1. The zero-order valence-electron chi connectivity index (χ0n) is 20.0. The van der Waals surface area contributed by atoms with Crippen LogP contribution in [-0.4, -0.2) is 30.3 Å². The molecule has 9 nitrogen and oxygen atoms in total. The van der Waals surface area contributed by atoms with Crippen LogP contribution < -0.4 is 9.80 Å². The summed E-state index contributed by atoms with van der Waals surface area (Å²) in [6, 6.07) is 17.3. The van der Waals surface area contributed by atoms with Crippen molar-refractivity contribution in [3.05, 3.63) is 93.0 Å². The Bertz CT molecular complexity index is 1350. The van der Waals surface area contributed by atoms with Gasteiger partial charge in [-0.3, -0.25) is 24.6 Å². The maximum atomic E-state index is 13.0. The lowest BCUT2D eigenvalue weighted by molar-refractivity contribution is -0.384. The van der Waals surface area contributed by atoms with Gasteiger partial charge in [-0.1, -0.05) is 43.3 Å². The largest absolute Gasteiger partial charge is 0.465 e. The molecule has 4 rings (SSSR count). The maximum Gasteiger partial charge on any atom is 0.340 e. The van der Waals surface area contributed by atoms with Crippen LogP contribution in [0.25, 0.3) is 0 Å². The second kappa shape index (κ2) is 10.4. The summed E-state index contributed by atoms with van der Waals surface area (Å²) in [4.78, 5) is 51.6. The third-order valence-electron chi connectivity index (χ3n) is 6.25. The zero-order chi connectivity index (χ0) is 25.8. The number of methoxy groups -OCH3 is 1. The molecule has 0 radical (unpaired) electrons. The number of hydrogen-bond donors (Lipinski definition) is 0. The zero-order valence-corrected chi connectivity index (χ0v) is 20.0. The van der Waals surface area contributed by atoms with Gasteiger partial charge in [0, 0.05) is 12.5 Å². The van der Waals surface area contributed by atoms with Crippen LogP contribution in [0.3, 0.4) is 0 Å². The Morgan fingerprint density at radius 2 is 1.78 bits per heavy atom. The van der Waals surface area contributed by atoms with E-state index in [2.05, 4.69) is 0 Å². The number of amides is 2. The number of nitrogens with zero attached hydrogens (tertiary/aromatic N) is 3. The van der Waals surface area contributed by atoms with E-state index in [9.17, 15) is 24.5 Å². The first-order valence-corrected chi connectivity index (χ1v) is 11.5. The molecule has 0 aliphatic carbocycles. The van der Waals surface area contributed by atoms with Crippen molar-refractivity contribution in [1.29, 1.82) is 0 Å². The number of ether oxygens (including phenoxy) is 1. The summed E-state index contributed by atoms with van der Waals surface area (Å²) in [5, 5.41) is 11.8. The maximum absolute atomic E-state index is 13.0. The Labute approximate surface area is 208 Å². The molecule has 0 aromatic heterocycles. The highest BCUT2D eigenvalue weighted by molar-refractivity contribution is 6.05. The molecule has 0 unspecified atom stereocenters. The molecule has 0 bridgehead atoms. The molecule has 0 fully saturated rings. The van der Waals surface area contributed by atoms with Crippen LogP contribution in [0.2, 0.25) is 0 Å². The minimum absolute atomic E-state index is 0.00282. The second-order valence-corrected chi connectivity index (χ2v) is 8.32. The van der Waals surface area contributed by atoms with Gasteiger partial charge in [0.05, 0.1) is 35.5 Å². The fraction of sp³-hybridized carbons (Fsp3) is 0.222. The van der Waals surface area contributed by atoms with Crippen molar-refractivity contribution in [1.82, 2.24) is 0 Å². The predicted molar refractivity (Wildman–Crippen MR) is 134 cm³/mol. The number of fused-ring (bicyclic) bond motifs is 2. The summed E-state index contributed by atoms with van der Waals surface area (Å²) in [6.07, 6.45) is 2.26. The van der Waals surface area contributed by atoms with Gasteiger partial charge in [-0.25, -0.2) is 4.79 Å². The summed E-state index contributed by atoms with van der Waals surface area (Å²) >= 11 is 0. The molecule has 0 saturated carbocycles. The quantitative estimate of drug-likeness (QED) is 0.206. The Morgan fingerprint density at radius 3 is 2.47 bits per heavy atom. The van der Waals surface area contributed by atoms with E-state index < -0.39 is 10.9 Å². The van der Waals surface area contributed by atoms with Gasteiger partial charge in [0.1, 0.15) is 5.69 Å². The minimum Gasteiger partial charge on any atom is -0.465 e. The van der Waals surface area contributed by atoms with Crippen molar-refractivity contribution >= 4 is 41.0 Å². The molecule has 1 aliphatic heterocycles. The van der Waals surface area contributed by atoms with Crippen molar-refractivity contribution in [2.75, 3.05) is 16.9 Å². The van der Waals surface area contributed by atoms with Gasteiger partial charge in [-0.15, -0.1) is 0 Å². The number of aryl methyl sites for hydroxylation is 2. The normalized spacial score (nSPS) is 12.1. The first-order valence-electron chi connectivity index (χ1n) is 11.5. The van der Waals surface area contributed by atoms with Gasteiger partial charge in [-0.2, -0.15) is 0 Å². The van der Waals surface area contributed by atoms with Crippen LogP contribution >= 0.6 is 0 Å². The van der Waals surface area contributed by atoms with E-state index in [4.69, 9.17) is 4.74 Å². The number of esters is 1. The van der Waals surface area contributed by atoms with Crippen molar-refractivity contribution in [2.24, 2.45) is 0 Å². The topological polar surface area (TPSA) is 110 Å². The average molecular weight is 488 g/mol. The highest BCUT2D eigenvalue weighted by Gasteiger charge is 2.30. The van der Waals surface area contributed by atoms with Gasteiger partial charge in [0.2, 0.25) is 12.3 Å². The first-order chi connectivity index (χ1) is 17.4. The van der Waals surface area contributed by atoms with Crippen LogP contribution in [0, 0.1) is 10.1 Å². The van der Waals surface area contributed by atoms with E-state index in [-0.39, 0.29) is 35.8 Å². The molecule has 184 valence electrons. The van der Waals surface area contributed by atoms with Crippen molar-refractivity contribution < 1.29 is 24.0 Å². The second-order valence-electron chi connectivity index (χ2n) is 8.32. The number of nitro groups is 1. The lowest BCUT2D eigenvalue weighted by atomic mass is 10.0. The van der Waals surface area contributed by atoms with E-state index in [0.717, 1.165) is 35.3 Å². The van der Waals surface area contributed by atoms with Crippen molar-refractivity contribution in [3.63, 3.8) is 0 Å². The van der Waals surface area contributed by atoms with E-state index >= 15 is 0 Å². The van der Waals surface area contributed by atoms with Gasteiger partial charge < -0.3 is 9.64 Å². The molecule has 0 atom stereocenters. The predicted octanol–water partition coefficient (Wildman–Crippen LogP) is 4.72. The Balaban J connectivity index is 1.79. The molecule has 3 aromatic carbocycles. The van der Waals surface area contributed by atoms with Crippen molar-refractivity contribution in [3.8, 4) is 0 Å². The third-order valence-corrected chi connectivity index (χ3v) is 6.25. The molecule has 0 spiro atoms. The molecular formula is C27H25N3O6. The SMILES string of the molecule is CCC(=O)N(Cc1ccc2c(c1)CCc1ccccc1N2C=O)c1c(C(=O)OC)cccc1[N+](=O)[O-]. The molecule has 9 heteroatoms. The van der Waals surface area contributed by atoms with Crippen LogP contribution in [0.4, 0.5) is 22.7 Å². The molecular weight excluding hydrogens is 462 g/mol. The molecule has 36 heavy (non-hydrogen) atoms. The Hall–Kier alpha value is -4.53. The lowest BCUT2D eigenvalue weighted by Gasteiger charge is -2.25. The van der Waals surface area contributed by atoms with Gasteiger partial charge in [0.25, 0.3) is 5.69 Å². The van der Waals surface area contributed by atoms with Gasteiger partial charge >= 0.3 is 5.97 Å². The molecule has 2 amide bonds. The summed E-state index contributed by atoms with van der Waals surface area (Å²) in [6.45, 7) is 1.65. The fourth-order valence-electron chi connectivity index (χ4n) is 4.54. The summed E-state index contributed by atoms with van der Waals surface area (Å²) in [7, 11) is 1.18. The van der Waals surface area contributed by atoms with Crippen molar-refractivity contribution in [2.45, 2.75) is 32.7 Å². The van der Waals surface area contributed by atoms with E-state index in [1.807, 2.05) is 36.4 Å². The number of para-hydroxylation sites is 2. The van der Waals surface area contributed by atoms with Crippen LogP contribution in [-0.2, 0) is 33.7 Å². The van der Waals surface area contributed by atoms with E-state index in [1.54, 1.807) is 17.9 Å². The lowest BCUT2D eigenvalue weighted by Crippen LogP contribution is -2.32.